The van der Waals surface area contributed by atoms with Crippen molar-refractivity contribution in [2.75, 3.05) is 25.6 Å². The molecular formula is C14H23NO. The molecule has 0 saturated heterocycles. The van der Waals surface area contributed by atoms with Gasteiger partial charge in [-0.2, -0.15) is 0 Å². The summed E-state index contributed by atoms with van der Waals surface area (Å²) in [6, 6.07) is 8.51. The molecule has 0 aliphatic carbocycles. The van der Waals surface area contributed by atoms with Gasteiger partial charge in [0.2, 0.25) is 0 Å². The molecule has 1 N–H and O–H groups in total. The van der Waals surface area contributed by atoms with Crippen LogP contribution in [0.1, 0.15) is 32.3 Å². The fourth-order valence-corrected chi connectivity index (χ4v) is 1.79. The first-order valence-corrected chi connectivity index (χ1v) is 5.97. The van der Waals surface area contributed by atoms with Crippen molar-refractivity contribution in [3.63, 3.8) is 0 Å². The second kappa shape index (κ2) is 6.54. The zero-order chi connectivity index (χ0) is 12.0. The molecule has 0 radical (unpaired) electrons. The number of hydrogen-bond acceptors (Lipinski definition) is 2. The van der Waals surface area contributed by atoms with Crippen LogP contribution in [0.4, 0.5) is 5.69 Å². The molecule has 90 valence electrons. The van der Waals surface area contributed by atoms with E-state index >= 15 is 0 Å². The Morgan fingerprint density at radius 3 is 2.50 bits per heavy atom. The third kappa shape index (κ3) is 3.86. The van der Waals surface area contributed by atoms with Crippen LogP contribution in [0.3, 0.4) is 0 Å². The number of benzene rings is 1. The van der Waals surface area contributed by atoms with Gasteiger partial charge in [-0.15, -0.1) is 0 Å². The van der Waals surface area contributed by atoms with Gasteiger partial charge < -0.3 is 10.1 Å². The lowest BCUT2D eigenvalue weighted by atomic mass is 10.0. The molecular weight excluding hydrogens is 198 g/mol. The lowest BCUT2D eigenvalue weighted by Crippen LogP contribution is -2.16. The predicted octanol–water partition coefficient (Wildman–Crippen LogP) is 3.50. The SMILES string of the molecule is COCC(C)CNc1ccccc1C(C)C. The second-order valence-electron chi connectivity index (χ2n) is 4.68. The van der Waals surface area contributed by atoms with E-state index in [2.05, 4.69) is 50.4 Å². The third-order valence-corrected chi connectivity index (χ3v) is 2.67. The van der Waals surface area contributed by atoms with Crippen LogP contribution in [0.2, 0.25) is 0 Å². The van der Waals surface area contributed by atoms with E-state index in [4.69, 9.17) is 4.74 Å². The van der Waals surface area contributed by atoms with E-state index in [9.17, 15) is 0 Å². The molecule has 0 aromatic heterocycles. The fraction of sp³-hybridized carbons (Fsp3) is 0.571. The Balaban J connectivity index is 2.59. The smallest absolute Gasteiger partial charge is 0.0504 e. The lowest BCUT2D eigenvalue weighted by Gasteiger charge is -2.17. The van der Waals surface area contributed by atoms with Gasteiger partial charge in [-0.3, -0.25) is 0 Å². The van der Waals surface area contributed by atoms with E-state index < -0.39 is 0 Å². The van der Waals surface area contributed by atoms with Crippen LogP contribution in [-0.2, 0) is 4.74 Å². The highest BCUT2D eigenvalue weighted by molar-refractivity contribution is 5.52. The lowest BCUT2D eigenvalue weighted by molar-refractivity contribution is 0.164. The number of anilines is 1. The standard InChI is InChI=1S/C14H23NO/c1-11(2)13-7-5-6-8-14(13)15-9-12(3)10-16-4/h5-8,11-12,15H,9-10H2,1-4H3. The van der Waals surface area contributed by atoms with Crippen LogP contribution in [0.25, 0.3) is 0 Å². The quantitative estimate of drug-likeness (QED) is 0.793. The molecule has 0 heterocycles. The molecule has 0 fully saturated rings. The first-order chi connectivity index (χ1) is 7.65. The molecule has 2 nitrogen and oxygen atoms in total. The monoisotopic (exact) mass is 221 g/mol. The van der Waals surface area contributed by atoms with Crippen LogP contribution in [0, 0.1) is 5.92 Å². The molecule has 1 unspecified atom stereocenters. The van der Waals surface area contributed by atoms with E-state index in [-0.39, 0.29) is 0 Å². The van der Waals surface area contributed by atoms with Gasteiger partial charge in [-0.25, -0.2) is 0 Å². The van der Waals surface area contributed by atoms with Crippen molar-refractivity contribution in [3.8, 4) is 0 Å². The van der Waals surface area contributed by atoms with Crippen molar-refractivity contribution in [1.29, 1.82) is 0 Å². The summed E-state index contributed by atoms with van der Waals surface area (Å²) in [5.74, 6) is 1.09. The first kappa shape index (κ1) is 13.0. The molecule has 1 atom stereocenters. The highest BCUT2D eigenvalue weighted by atomic mass is 16.5. The summed E-state index contributed by atoms with van der Waals surface area (Å²) in [7, 11) is 1.75. The highest BCUT2D eigenvalue weighted by Crippen LogP contribution is 2.23. The van der Waals surface area contributed by atoms with Crippen molar-refractivity contribution < 1.29 is 4.74 Å². The zero-order valence-corrected chi connectivity index (χ0v) is 10.8. The van der Waals surface area contributed by atoms with E-state index in [1.165, 1.54) is 11.3 Å². The van der Waals surface area contributed by atoms with Crippen molar-refractivity contribution in [2.24, 2.45) is 5.92 Å². The molecule has 1 rings (SSSR count). The number of rotatable bonds is 6. The van der Waals surface area contributed by atoms with Crippen LogP contribution < -0.4 is 5.32 Å². The predicted molar refractivity (Wildman–Crippen MR) is 70.1 cm³/mol. The number of methoxy groups -OCH3 is 1. The zero-order valence-electron chi connectivity index (χ0n) is 10.8. The fourth-order valence-electron chi connectivity index (χ4n) is 1.79. The maximum Gasteiger partial charge on any atom is 0.0504 e. The van der Waals surface area contributed by atoms with Crippen LogP contribution in [0.15, 0.2) is 24.3 Å². The molecule has 16 heavy (non-hydrogen) atoms. The molecule has 1 aromatic carbocycles. The Morgan fingerprint density at radius 2 is 1.88 bits per heavy atom. The third-order valence-electron chi connectivity index (χ3n) is 2.67. The first-order valence-electron chi connectivity index (χ1n) is 5.97. The number of hydrogen-bond donors (Lipinski definition) is 1. The Kier molecular flexibility index (Phi) is 5.33. The van der Waals surface area contributed by atoms with Gasteiger partial charge in [0, 0.05) is 19.3 Å². The van der Waals surface area contributed by atoms with Crippen molar-refractivity contribution in [3.05, 3.63) is 29.8 Å². The van der Waals surface area contributed by atoms with Crippen molar-refractivity contribution in [2.45, 2.75) is 26.7 Å². The van der Waals surface area contributed by atoms with Crippen molar-refractivity contribution in [1.82, 2.24) is 0 Å². The Morgan fingerprint density at radius 1 is 1.19 bits per heavy atom. The second-order valence-corrected chi connectivity index (χ2v) is 4.68. The summed E-state index contributed by atoms with van der Waals surface area (Å²) in [6.07, 6.45) is 0. The minimum atomic E-state index is 0.533. The Bertz CT molecular complexity index is 309. The Hall–Kier alpha value is -1.02. The topological polar surface area (TPSA) is 21.3 Å². The van der Waals surface area contributed by atoms with E-state index in [0.29, 0.717) is 11.8 Å². The van der Waals surface area contributed by atoms with E-state index in [1.807, 2.05) is 0 Å². The largest absolute Gasteiger partial charge is 0.384 e. The van der Waals surface area contributed by atoms with Gasteiger partial charge in [-0.05, 0) is 23.5 Å². The summed E-state index contributed by atoms with van der Waals surface area (Å²) in [5.41, 5.74) is 2.63. The summed E-state index contributed by atoms with van der Waals surface area (Å²) in [4.78, 5) is 0. The minimum absolute atomic E-state index is 0.533. The molecule has 2 heteroatoms. The van der Waals surface area contributed by atoms with Gasteiger partial charge in [0.05, 0.1) is 6.61 Å². The Labute approximate surface area is 99.0 Å². The minimum Gasteiger partial charge on any atom is -0.384 e. The average molecular weight is 221 g/mol. The van der Waals surface area contributed by atoms with Gasteiger partial charge >= 0.3 is 0 Å². The summed E-state index contributed by atoms with van der Waals surface area (Å²) < 4.78 is 5.13. The van der Waals surface area contributed by atoms with Crippen molar-refractivity contribution >= 4 is 5.69 Å². The molecule has 1 aromatic rings. The summed E-state index contributed by atoms with van der Waals surface area (Å²) >= 11 is 0. The molecule has 0 aliphatic heterocycles. The number of ether oxygens (including phenoxy) is 1. The molecule has 0 saturated carbocycles. The van der Waals surface area contributed by atoms with Gasteiger partial charge in [-0.1, -0.05) is 39.0 Å². The normalized spacial score (nSPS) is 12.8. The van der Waals surface area contributed by atoms with Gasteiger partial charge in [0.1, 0.15) is 0 Å². The number of nitrogens with one attached hydrogen (secondary N) is 1. The molecule has 0 aliphatic rings. The molecule has 0 amide bonds. The summed E-state index contributed by atoms with van der Waals surface area (Å²) in [5, 5.41) is 3.50. The summed E-state index contributed by atoms with van der Waals surface area (Å²) in [6.45, 7) is 8.39. The number of para-hydroxylation sites is 1. The average Bonchev–Trinajstić information content (AvgIpc) is 2.27. The molecule has 0 bridgehead atoms. The van der Waals surface area contributed by atoms with Crippen LogP contribution >= 0.6 is 0 Å². The van der Waals surface area contributed by atoms with Crippen LogP contribution in [-0.4, -0.2) is 20.3 Å². The molecule has 0 spiro atoms. The maximum absolute atomic E-state index is 5.13. The van der Waals surface area contributed by atoms with Gasteiger partial charge in [0.15, 0.2) is 0 Å². The van der Waals surface area contributed by atoms with E-state index in [1.54, 1.807) is 7.11 Å². The highest BCUT2D eigenvalue weighted by Gasteiger charge is 2.06. The van der Waals surface area contributed by atoms with Crippen LogP contribution in [0.5, 0.6) is 0 Å². The van der Waals surface area contributed by atoms with Gasteiger partial charge in [0.25, 0.3) is 0 Å². The van der Waals surface area contributed by atoms with E-state index in [0.717, 1.165) is 13.2 Å². The maximum atomic E-state index is 5.13.